The van der Waals surface area contributed by atoms with Gasteiger partial charge in [0, 0.05) is 30.4 Å². The molecule has 0 unspecified atom stereocenters. The lowest BCUT2D eigenvalue weighted by molar-refractivity contribution is 0.524. The predicted octanol–water partition coefficient (Wildman–Crippen LogP) is 3.49. The van der Waals surface area contributed by atoms with E-state index in [0.717, 1.165) is 18.8 Å². The first-order chi connectivity index (χ1) is 9.15. The van der Waals surface area contributed by atoms with Crippen LogP contribution in [0.15, 0.2) is 42.5 Å². The molecule has 19 heavy (non-hydrogen) atoms. The molecule has 0 atom stereocenters. The highest BCUT2D eigenvalue weighted by atomic mass is 15.2. The second-order valence-corrected chi connectivity index (χ2v) is 5.51. The molecule has 2 aromatic rings. The lowest BCUT2D eigenvalue weighted by Crippen LogP contribution is -2.45. The Labute approximate surface area is 114 Å². The molecular weight excluding hydrogens is 232 g/mol. The Bertz CT molecular complexity index is 584. The van der Waals surface area contributed by atoms with Gasteiger partial charge >= 0.3 is 0 Å². The molecule has 0 radical (unpaired) electrons. The van der Waals surface area contributed by atoms with Crippen molar-refractivity contribution in [3.05, 3.63) is 59.2 Å². The SMILES string of the molecule is Cc1cc(N2CC(c3ccccc3)C2)c(C)cc1N. The number of benzene rings is 2. The molecule has 2 aromatic carbocycles. The third kappa shape index (κ3) is 2.19. The standard InChI is InChI=1S/C17H20N2/c1-12-9-17(13(2)8-16(12)18)19-10-15(11-19)14-6-4-3-5-7-14/h3-9,15H,10-11,18H2,1-2H3. The van der Waals surface area contributed by atoms with E-state index in [-0.39, 0.29) is 0 Å². The lowest BCUT2D eigenvalue weighted by atomic mass is 9.90. The number of anilines is 2. The van der Waals surface area contributed by atoms with Gasteiger partial charge in [-0.2, -0.15) is 0 Å². The van der Waals surface area contributed by atoms with Crippen LogP contribution in [0.25, 0.3) is 0 Å². The van der Waals surface area contributed by atoms with Crippen LogP contribution >= 0.6 is 0 Å². The topological polar surface area (TPSA) is 29.3 Å². The van der Waals surface area contributed by atoms with Crippen molar-refractivity contribution in [2.24, 2.45) is 0 Å². The minimum Gasteiger partial charge on any atom is -0.399 e. The van der Waals surface area contributed by atoms with E-state index in [1.807, 2.05) is 0 Å². The molecule has 0 saturated carbocycles. The number of nitrogen functional groups attached to an aromatic ring is 1. The Morgan fingerprint density at radius 1 is 1.00 bits per heavy atom. The molecule has 1 aliphatic rings. The minimum atomic E-state index is 0.665. The molecular formula is C17H20N2. The van der Waals surface area contributed by atoms with Crippen LogP contribution in [0.4, 0.5) is 11.4 Å². The first kappa shape index (κ1) is 12.1. The summed E-state index contributed by atoms with van der Waals surface area (Å²) in [5.74, 6) is 0.665. The molecule has 2 heteroatoms. The number of nitrogens with two attached hydrogens (primary N) is 1. The van der Waals surface area contributed by atoms with Crippen molar-refractivity contribution >= 4 is 11.4 Å². The van der Waals surface area contributed by atoms with E-state index in [0.29, 0.717) is 5.92 Å². The summed E-state index contributed by atoms with van der Waals surface area (Å²) in [6.07, 6.45) is 0. The molecule has 1 saturated heterocycles. The van der Waals surface area contributed by atoms with Crippen molar-refractivity contribution in [3.63, 3.8) is 0 Å². The van der Waals surface area contributed by atoms with Gasteiger partial charge in [0.2, 0.25) is 0 Å². The number of nitrogens with zero attached hydrogens (tertiary/aromatic N) is 1. The molecule has 98 valence electrons. The van der Waals surface area contributed by atoms with Gasteiger partial charge in [0.1, 0.15) is 0 Å². The Hall–Kier alpha value is -1.96. The summed E-state index contributed by atoms with van der Waals surface area (Å²) in [5, 5.41) is 0. The normalized spacial score (nSPS) is 15.4. The molecule has 1 heterocycles. The van der Waals surface area contributed by atoms with Crippen LogP contribution in [0.3, 0.4) is 0 Å². The van der Waals surface area contributed by atoms with Crippen molar-refractivity contribution in [1.29, 1.82) is 0 Å². The highest BCUT2D eigenvalue weighted by Gasteiger charge is 2.29. The molecule has 2 N–H and O–H groups in total. The lowest BCUT2D eigenvalue weighted by Gasteiger charge is -2.42. The number of hydrogen-bond donors (Lipinski definition) is 1. The van der Waals surface area contributed by atoms with E-state index in [1.54, 1.807) is 0 Å². The first-order valence-electron chi connectivity index (χ1n) is 6.82. The predicted molar refractivity (Wildman–Crippen MR) is 81.7 cm³/mol. The molecule has 0 amide bonds. The van der Waals surface area contributed by atoms with E-state index in [2.05, 4.69) is 61.2 Å². The van der Waals surface area contributed by atoms with Crippen molar-refractivity contribution in [2.75, 3.05) is 23.7 Å². The van der Waals surface area contributed by atoms with Crippen molar-refractivity contribution < 1.29 is 0 Å². The summed E-state index contributed by atoms with van der Waals surface area (Å²) in [7, 11) is 0. The Morgan fingerprint density at radius 2 is 1.68 bits per heavy atom. The molecule has 0 bridgehead atoms. The van der Waals surface area contributed by atoms with Gasteiger partial charge in [0.05, 0.1) is 0 Å². The van der Waals surface area contributed by atoms with E-state index in [1.165, 1.54) is 22.4 Å². The van der Waals surface area contributed by atoms with Crippen molar-refractivity contribution in [3.8, 4) is 0 Å². The second kappa shape index (κ2) is 4.61. The van der Waals surface area contributed by atoms with Crippen LogP contribution in [0.2, 0.25) is 0 Å². The highest BCUT2D eigenvalue weighted by Crippen LogP contribution is 2.34. The maximum absolute atomic E-state index is 5.95. The minimum absolute atomic E-state index is 0.665. The smallest absolute Gasteiger partial charge is 0.0400 e. The van der Waals surface area contributed by atoms with Crippen molar-refractivity contribution in [2.45, 2.75) is 19.8 Å². The zero-order chi connectivity index (χ0) is 13.4. The summed E-state index contributed by atoms with van der Waals surface area (Å²) in [5.41, 5.74) is 12.1. The molecule has 0 spiro atoms. The van der Waals surface area contributed by atoms with Gasteiger partial charge in [-0.3, -0.25) is 0 Å². The van der Waals surface area contributed by atoms with E-state index in [9.17, 15) is 0 Å². The molecule has 0 aromatic heterocycles. The molecule has 2 nitrogen and oxygen atoms in total. The van der Waals surface area contributed by atoms with Gasteiger partial charge in [0.25, 0.3) is 0 Å². The van der Waals surface area contributed by atoms with Crippen LogP contribution in [0.5, 0.6) is 0 Å². The fourth-order valence-corrected chi connectivity index (χ4v) is 2.78. The number of hydrogen-bond acceptors (Lipinski definition) is 2. The largest absolute Gasteiger partial charge is 0.399 e. The first-order valence-corrected chi connectivity index (χ1v) is 6.82. The van der Waals surface area contributed by atoms with Crippen LogP contribution in [-0.2, 0) is 0 Å². The number of aryl methyl sites for hydroxylation is 2. The monoisotopic (exact) mass is 252 g/mol. The number of rotatable bonds is 2. The van der Waals surface area contributed by atoms with E-state index >= 15 is 0 Å². The van der Waals surface area contributed by atoms with Gasteiger partial charge in [-0.15, -0.1) is 0 Å². The Morgan fingerprint density at radius 3 is 2.37 bits per heavy atom. The Kier molecular flexibility index (Phi) is 2.94. The fraction of sp³-hybridized carbons (Fsp3) is 0.294. The summed E-state index contributed by atoms with van der Waals surface area (Å²) in [6, 6.07) is 15.1. The van der Waals surface area contributed by atoms with Crippen molar-refractivity contribution in [1.82, 2.24) is 0 Å². The zero-order valence-electron chi connectivity index (χ0n) is 11.6. The third-order valence-electron chi connectivity index (χ3n) is 4.08. The van der Waals surface area contributed by atoms with Gasteiger partial charge in [-0.25, -0.2) is 0 Å². The average molecular weight is 252 g/mol. The molecule has 1 aliphatic heterocycles. The quantitative estimate of drug-likeness (QED) is 0.829. The maximum Gasteiger partial charge on any atom is 0.0400 e. The highest BCUT2D eigenvalue weighted by molar-refractivity contribution is 5.64. The van der Waals surface area contributed by atoms with Crippen LogP contribution in [0.1, 0.15) is 22.6 Å². The summed E-state index contributed by atoms with van der Waals surface area (Å²) in [6.45, 7) is 6.43. The third-order valence-corrected chi connectivity index (χ3v) is 4.08. The molecule has 0 aliphatic carbocycles. The van der Waals surface area contributed by atoms with Crippen LogP contribution in [-0.4, -0.2) is 13.1 Å². The average Bonchev–Trinajstić information content (AvgIpc) is 2.35. The summed E-state index contributed by atoms with van der Waals surface area (Å²) < 4.78 is 0. The maximum atomic E-state index is 5.95. The summed E-state index contributed by atoms with van der Waals surface area (Å²) >= 11 is 0. The van der Waals surface area contributed by atoms with E-state index < -0.39 is 0 Å². The zero-order valence-corrected chi connectivity index (χ0v) is 11.6. The van der Waals surface area contributed by atoms with Gasteiger partial charge in [-0.05, 0) is 42.7 Å². The second-order valence-electron chi connectivity index (χ2n) is 5.51. The fourth-order valence-electron chi connectivity index (χ4n) is 2.78. The Balaban J connectivity index is 1.76. The van der Waals surface area contributed by atoms with Gasteiger partial charge < -0.3 is 10.6 Å². The summed E-state index contributed by atoms with van der Waals surface area (Å²) in [4.78, 5) is 2.44. The van der Waals surface area contributed by atoms with Gasteiger partial charge in [-0.1, -0.05) is 30.3 Å². The molecule has 3 rings (SSSR count). The van der Waals surface area contributed by atoms with Crippen LogP contribution in [0, 0.1) is 13.8 Å². The molecule has 1 fully saturated rings. The van der Waals surface area contributed by atoms with E-state index in [4.69, 9.17) is 5.73 Å². The van der Waals surface area contributed by atoms with Gasteiger partial charge in [0.15, 0.2) is 0 Å². The van der Waals surface area contributed by atoms with Crippen LogP contribution < -0.4 is 10.6 Å².